The lowest BCUT2D eigenvalue weighted by molar-refractivity contribution is 0.233. The number of hydrogen-bond acceptors (Lipinski definition) is 4. The van der Waals surface area contributed by atoms with Crippen LogP contribution in [0.2, 0.25) is 0 Å². The first-order valence-corrected chi connectivity index (χ1v) is 7.31. The zero-order valence-corrected chi connectivity index (χ0v) is 11.6. The highest BCUT2D eigenvalue weighted by molar-refractivity contribution is 5.77. The Hall–Kier alpha value is -2.21. The van der Waals surface area contributed by atoms with Crippen molar-refractivity contribution in [2.75, 3.05) is 0 Å². The molecule has 6 heteroatoms. The lowest BCUT2D eigenvalue weighted by Crippen LogP contribution is -2.44. The fourth-order valence-corrected chi connectivity index (χ4v) is 3.32. The molecule has 2 fully saturated rings. The second-order valence-corrected chi connectivity index (χ2v) is 5.75. The molecule has 2 aliphatic rings. The Morgan fingerprint density at radius 1 is 1.33 bits per heavy atom. The van der Waals surface area contributed by atoms with Crippen LogP contribution in [0.25, 0.3) is 11.1 Å². The summed E-state index contributed by atoms with van der Waals surface area (Å²) in [5.41, 5.74) is 1.85. The predicted octanol–water partition coefficient (Wildman–Crippen LogP) is 1.40. The Morgan fingerprint density at radius 3 is 3.00 bits per heavy atom. The number of rotatable bonds is 2. The van der Waals surface area contributed by atoms with Crippen LogP contribution in [0.5, 0.6) is 0 Å². The van der Waals surface area contributed by atoms with E-state index in [2.05, 4.69) is 20.7 Å². The first kappa shape index (κ1) is 12.5. The van der Waals surface area contributed by atoms with Crippen molar-refractivity contribution in [2.24, 2.45) is 0 Å². The molecule has 0 radical (unpaired) electrons. The summed E-state index contributed by atoms with van der Waals surface area (Å²) in [4.78, 5) is 16.3. The largest absolute Gasteiger partial charge is 0.342 e. The second kappa shape index (κ2) is 4.96. The Morgan fingerprint density at radius 2 is 2.29 bits per heavy atom. The van der Waals surface area contributed by atoms with E-state index in [-0.39, 0.29) is 12.1 Å². The number of carbonyl (C=O) groups excluding carboxylic acids is 1. The molecule has 4 rings (SSSR count). The van der Waals surface area contributed by atoms with Crippen molar-refractivity contribution < 1.29 is 4.79 Å². The number of carbonyl (C=O) groups is 1. The molecule has 0 spiro atoms. The van der Waals surface area contributed by atoms with E-state index in [1.807, 2.05) is 12.1 Å². The second-order valence-electron chi connectivity index (χ2n) is 5.75. The van der Waals surface area contributed by atoms with Crippen molar-refractivity contribution >= 4 is 6.03 Å². The van der Waals surface area contributed by atoms with Gasteiger partial charge in [-0.05, 0) is 25.3 Å². The molecule has 0 aliphatic carbocycles. The van der Waals surface area contributed by atoms with Crippen LogP contribution in [0, 0.1) is 0 Å². The van der Waals surface area contributed by atoms with Crippen LogP contribution in [0.3, 0.4) is 0 Å². The molecule has 0 unspecified atom stereocenters. The van der Waals surface area contributed by atoms with Gasteiger partial charge in [0.15, 0.2) is 0 Å². The maximum atomic E-state index is 12.3. The number of nitrogens with zero attached hydrogens (tertiary/aromatic N) is 3. The molecule has 1 amide bonds. The first-order valence-electron chi connectivity index (χ1n) is 7.31. The van der Waals surface area contributed by atoms with E-state index in [9.17, 15) is 4.79 Å². The summed E-state index contributed by atoms with van der Waals surface area (Å²) in [6.07, 6.45) is 10.3. The highest BCUT2D eigenvalue weighted by Gasteiger charge is 2.39. The number of amides is 1. The minimum absolute atomic E-state index is 0.163. The van der Waals surface area contributed by atoms with E-state index < -0.39 is 0 Å². The van der Waals surface area contributed by atoms with Crippen LogP contribution < -0.4 is 10.6 Å². The van der Waals surface area contributed by atoms with Crippen LogP contribution >= 0.6 is 0 Å². The summed E-state index contributed by atoms with van der Waals surface area (Å²) in [7, 11) is 0. The van der Waals surface area contributed by atoms with E-state index in [1.54, 1.807) is 24.8 Å². The lowest BCUT2D eigenvalue weighted by atomic mass is 9.96. The minimum Gasteiger partial charge on any atom is -0.332 e. The fourth-order valence-electron chi connectivity index (χ4n) is 3.32. The molecule has 2 N–H and O–H groups in total. The minimum atomic E-state index is -0.163. The Balaban J connectivity index is 1.47. The van der Waals surface area contributed by atoms with Gasteiger partial charge in [-0.3, -0.25) is 4.98 Å². The van der Waals surface area contributed by atoms with Gasteiger partial charge in [0.05, 0.1) is 6.20 Å². The Kier molecular flexibility index (Phi) is 2.96. The fraction of sp³-hybridized carbons (Fsp3) is 0.400. The Labute approximate surface area is 122 Å². The van der Waals surface area contributed by atoms with Gasteiger partial charge in [0.25, 0.3) is 0 Å². The average molecular weight is 283 g/mol. The highest BCUT2D eigenvalue weighted by atomic mass is 16.2. The third-order valence-corrected chi connectivity index (χ3v) is 4.39. The molecule has 0 saturated carbocycles. The zero-order chi connectivity index (χ0) is 14.2. The zero-order valence-electron chi connectivity index (χ0n) is 11.6. The maximum absolute atomic E-state index is 12.3. The summed E-state index contributed by atoms with van der Waals surface area (Å²) in [6, 6.07) is 4.88. The quantitative estimate of drug-likeness (QED) is 0.874. The maximum Gasteiger partial charge on any atom is 0.342 e. The lowest BCUT2D eigenvalue weighted by Gasteiger charge is -2.21. The van der Waals surface area contributed by atoms with Gasteiger partial charge >= 0.3 is 6.03 Å². The summed E-state index contributed by atoms with van der Waals surface area (Å²) in [5, 5.41) is 10.7. The van der Waals surface area contributed by atoms with Crippen LogP contribution in [0.15, 0.2) is 36.9 Å². The topological polar surface area (TPSA) is 71.8 Å². The monoisotopic (exact) mass is 283 g/mol. The summed E-state index contributed by atoms with van der Waals surface area (Å²) < 4.78 is 1.37. The van der Waals surface area contributed by atoms with Gasteiger partial charge in [-0.2, -0.15) is 9.78 Å². The third kappa shape index (κ3) is 2.31. The molecule has 2 saturated heterocycles. The number of fused-ring (bicyclic) bond motifs is 2. The van der Waals surface area contributed by atoms with Gasteiger partial charge in [-0.25, -0.2) is 4.79 Å². The molecule has 0 aromatic carbocycles. The predicted molar refractivity (Wildman–Crippen MR) is 77.7 cm³/mol. The van der Waals surface area contributed by atoms with Crippen molar-refractivity contribution in [2.45, 2.75) is 37.4 Å². The van der Waals surface area contributed by atoms with Gasteiger partial charge in [-0.15, -0.1) is 0 Å². The molecule has 6 nitrogen and oxygen atoms in total. The number of pyridine rings is 1. The van der Waals surface area contributed by atoms with Crippen molar-refractivity contribution in [3.05, 3.63) is 36.9 Å². The number of aromatic nitrogens is 3. The molecule has 4 heterocycles. The van der Waals surface area contributed by atoms with Crippen molar-refractivity contribution in [1.82, 2.24) is 25.4 Å². The molecule has 2 aromatic heterocycles. The molecule has 2 aromatic rings. The van der Waals surface area contributed by atoms with E-state index in [4.69, 9.17) is 0 Å². The molecule has 2 bridgehead atoms. The first-order chi connectivity index (χ1) is 10.3. The van der Waals surface area contributed by atoms with E-state index in [0.29, 0.717) is 12.1 Å². The van der Waals surface area contributed by atoms with E-state index in [0.717, 1.165) is 24.0 Å². The normalized spacial score (nSPS) is 27.0. The van der Waals surface area contributed by atoms with Gasteiger partial charge in [0.2, 0.25) is 0 Å². The highest BCUT2D eigenvalue weighted by Crippen LogP contribution is 2.28. The summed E-state index contributed by atoms with van der Waals surface area (Å²) >= 11 is 0. The molecule has 2 aliphatic heterocycles. The number of hydrogen-bond donors (Lipinski definition) is 2. The van der Waals surface area contributed by atoms with Gasteiger partial charge in [-0.1, -0.05) is 6.07 Å². The standard InChI is InChI=1S/C15H17N5O/c21-15(19-14-6-12-3-4-13(14)18-12)20-9-11(8-17-20)10-2-1-5-16-7-10/h1-2,5,7-9,12-14,18H,3-4,6H2,(H,19,21)/t12-,13+,14-/m1/s1. The van der Waals surface area contributed by atoms with Crippen LogP contribution in [0.1, 0.15) is 19.3 Å². The molecular weight excluding hydrogens is 266 g/mol. The number of nitrogens with one attached hydrogen (secondary N) is 2. The van der Waals surface area contributed by atoms with Gasteiger partial charge in [0, 0.05) is 47.8 Å². The summed E-state index contributed by atoms with van der Waals surface area (Å²) in [5.74, 6) is 0. The molecule has 3 atom stereocenters. The Bertz CT molecular complexity index is 653. The van der Waals surface area contributed by atoms with Crippen molar-refractivity contribution in [3.63, 3.8) is 0 Å². The average Bonchev–Trinajstić information content (AvgIpc) is 3.24. The van der Waals surface area contributed by atoms with Crippen LogP contribution in [-0.2, 0) is 0 Å². The van der Waals surface area contributed by atoms with E-state index in [1.165, 1.54) is 11.1 Å². The van der Waals surface area contributed by atoms with Crippen molar-refractivity contribution in [3.8, 4) is 11.1 Å². The van der Waals surface area contributed by atoms with E-state index >= 15 is 0 Å². The van der Waals surface area contributed by atoms with Gasteiger partial charge in [0.1, 0.15) is 0 Å². The summed E-state index contributed by atoms with van der Waals surface area (Å²) in [6.45, 7) is 0. The molecule has 108 valence electrons. The SMILES string of the molecule is O=C(N[C@@H]1C[C@H]2CC[C@@H]1N2)n1cc(-c2cccnc2)cn1. The van der Waals surface area contributed by atoms with Crippen molar-refractivity contribution in [1.29, 1.82) is 0 Å². The molecule has 21 heavy (non-hydrogen) atoms. The smallest absolute Gasteiger partial charge is 0.332 e. The van der Waals surface area contributed by atoms with Gasteiger partial charge < -0.3 is 10.6 Å². The van der Waals surface area contributed by atoms with Crippen LogP contribution in [-0.4, -0.2) is 38.9 Å². The van der Waals surface area contributed by atoms with Crippen LogP contribution in [0.4, 0.5) is 4.79 Å². The third-order valence-electron chi connectivity index (χ3n) is 4.39. The molecular formula is C15H17N5O.